The summed E-state index contributed by atoms with van der Waals surface area (Å²) >= 11 is 0. The zero-order chi connectivity index (χ0) is 14.6. The Morgan fingerprint density at radius 3 is 2.45 bits per heavy atom. The highest BCUT2D eigenvalue weighted by molar-refractivity contribution is 5.44. The second kappa shape index (κ2) is 5.70. The molecule has 2 aromatic rings. The largest absolute Gasteiger partial charge is 0.489 e. The fourth-order valence-corrected chi connectivity index (χ4v) is 1.81. The molecule has 0 aromatic heterocycles. The van der Waals surface area contributed by atoms with Crippen molar-refractivity contribution in [2.24, 2.45) is 0 Å². The monoisotopic (exact) mass is 273 g/mol. The molecule has 0 spiro atoms. The molecule has 102 valence electrons. The van der Waals surface area contributed by atoms with Crippen molar-refractivity contribution in [2.45, 2.75) is 19.5 Å². The molecule has 0 unspecified atom stereocenters. The molecular formula is C16H13F2NO. The van der Waals surface area contributed by atoms with Gasteiger partial charge in [-0.05, 0) is 23.8 Å². The van der Waals surface area contributed by atoms with Crippen molar-refractivity contribution in [1.29, 1.82) is 5.26 Å². The highest BCUT2D eigenvalue weighted by atomic mass is 19.3. The number of ether oxygens (including phenoxy) is 1. The van der Waals surface area contributed by atoms with Gasteiger partial charge in [0.05, 0.1) is 11.6 Å². The van der Waals surface area contributed by atoms with Crippen LogP contribution in [0.5, 0.6) is 5.75 Å². The van der Waals surface area contributed by atoms with Crippen LogP contribution in [0.1, 0.15) is 23.6 Å². The Bertz CT molecular complexity index is 627. The van der Waals surface area contributed by atoms with E-state index in [9.17, 15) is 8.78 Å². The summed E-state index contributed by atoms with van der Waals surface area (Å²) < 4.78 is 32.4. The third-order valence-electron chi connectivity index (χ3n) is 2.83. The molecule has 0 aliphatic heterocycles. The van der Waals surface area contributed by atoms with Gasteiger partial charge in [-0.3, -0.25) is 0 Å². The molecule has 20 heavy (non-hydrogen) atoms. The molecule has 0 aliphatic carbocycles. The molecule has 0 heterocycles. The molecular weight excluding hydrogens is 260 g/mol. The molecule has 0 atom stereocenters. The minimum Gasteiger partial charge on any atom is -0.489 e. The summed E-state index contributed by atoms with van der Waals surface area (Å²) in [5.41, 5.74) is 0.594. The van der Waals surface area contributed by atoms with E-state index in [0.29, 0.717) is 12.4 Å². The molecule has 0 fully saturated rings. The number of rotatable bonds is 4. The Balaban J connectivity index is 2.20. The number of benzene rings is 2. The first-order valence-electron chi connectivity index (χ1n) is 6.10. The quantitative estimate of drug-likeness (QED) is 0.834. The maximum Gasteiger partial charge on any atom is 0.271 e. The van der Waals surface area contributed by atoms with Gasteiger partial charge in [-0.1, -0.05) is 30.3 Å². The molecule has 0 amide bonds. The van der Waals surface area contributed by atoms with Gasteiger partial charge < -0.3 is 4.74 Å². The van der Waals surface area contributed by atoms with Crippen LogP contribution in [-0.4, -0.2) is 0 Å². The lowest BCUT2D eigenvalue weighted by Gasteiger charge is -2.14. The predicted octanol–water partition coefficient (Wildman–Crippen LogP) is 4.25. The maximum absolute atomic E-state index is 13.4. The minimum atomic E-state index is -3.07. The van der Waals surface area contributed by atoms with Crippen molar-refractivity contribution >= 4 is 0 Å². The number of nitriles is 1. The van der Waals surface area contributed by atoms with E-state index in [2.05, 4.69) is 0 Å². The molecule has 0 N–H and O–H groups in total. The van der Waals surface area contributed by atoms with E-state index in [1.807, 2.05) is 30.3 Å². The highest BCUT2D eigenvalue weighted by Crippen LogP contribution is 2.32. The van der Waals surface area contributed by atoms with Crippen LogP contribution in [0.3, 0.4) is 0 Å². The van der Waals surface area contributed by atoms with E-state index in [-0.39, 0.29) is 11.1 Å². The third-order valence-corrected chi connectivity index (χ3v) is 2.83. The van der Waals surface area contributed by atoms with Crippen LogP contribution in [0.25, 0.3) is 0 Å². The zero-order valence-corrected chi connectivity index (χ0v) is 10.9. The van der Waals surface area contributed by atoms with Gasteiger partial charge in [-0.25, -0.2) is 8.78 Å². The Kier molecular flexibility index (Phi) is 3.99. The van der Waals surface area contributed by atoms with Gasteiger partial charge in [0.2, 0.25) is 0 Å². The minimum absolute atomic E-state index is 0.0374. The lowest BCUT2D eigenvalue weighted by Crippen LogP contribution is -2.10. The van der Waals surface area contributed by atoms with Crippen LogP contribution < -0.4 is 4.74 Å². The molecule has 2 nitrogen and oxygen atoms in total. The normalized spacial score (nSPS) is 10.9. The second-order valence-corrected chi connectivity index (χ2v) is 4.48. The highest BCUT2D eigenvalue weighted by Gasteiger charge is 2.28. The summed E-state index contributed by atoms with van der Waals surface area (Å²) in [6, 6.07) is 15.3. The van der Waals surface area contributed by atoms with Crippen molar-refractivity contribution in [3.63, 3.8) is 0 Å². The summed E-state index contributed by atoms with van der Waals surface area (Å²) in [5, 5.41) is 8.86. The number of nitrogens with zero attached hydrogens (tertiary/aromatic N) is 1. The summed E-state index contributed by atoms with van der Waals surface area (Å²) in [4.78, 5) is 0. The van der Waals surface area contributed by atoms with Crippen molar-refractivity contribution in [2.75, 3.05) is 0 Å². The van der Waals surface area contributed by atoms with E-state index in [0.717, 1.165) is 12.5 Å². The molecule has 0 saturated carbocycles. The van der Waals surface area contributed by atoms with Gasteiger partial charge in [-0.15, -0.1) is 0 Å². The van der Waals surface area contributed by atoms with E-state index < -0.39 is 5.92 Å². The van der Waals surface area contributed by atoms with Crippen LogP contribution in [-0.2, 0) is 12.5 Å². The van der Waals surface area contributed by atoms with Crippen molar-refractivity contribution in [3.8, 4) is 11.8 Å². The standard InChI is InChI=1S/C16H13F2NO/c1-16(17,18)15-9-14(8-7-13(15)10-19)20-11-12-5-3-2-4-6-12/h2-9H,11H2,1H3. The molecule has 0 radical (unpaired) electrons. The first kappa shape index (κ1) is 14.0. The summed E-state index contributed by atoms with van der Waals surface area (Å²) in [5.74, 6) is -2.75. The third kappa shape index (κ3) is 3.33. The number of alkyl halides is 2. The zero-order valence-electron chi connectivity index (χ0n) is 10.9. The Morgan fingerprint density at radius 2 is 1.85 bits per heavy atom. The average molecular weight is 273 g/mol. The molecule has 4 heteroatoms. The van der Waals surface area contributed by atoms with E-state index in [1.165, 1.54) is 18.2 Å². The smallest absolute Gasteiger partial charge is 0.271 e. The van der Waals surface area contributed by atoms with E-state index in [1.54, 1.807) is 6.07 Å². The Labute approximate surface area is 116 Å². The van der Waals surface area contributed by atoms with Crippen LogP contribution in [0.15, 0.2) is 48.5 Å². The van der Waals surface area contributed by atoms with Crippen LogP contribution in [0, 0.1) is 11.3 Å². The topological polar surface area (TPSA) is 33.0 Å². The number of hydrogen-bond acceptors (Lipinski definition) is 2. The molecule has 0 saturated heterocycles. The first-order chi connectivity index (χ1) is 9.50. The second-order valence-electron chi connectivity index (χ2n) is 4.48. The summed E-state index contributed by atoms with van der Waals surface area (Å²) in [6.07, 6.45) is 0. The fraction of sp³-hybridized carbons (Fsp3) is 0.188. The Morgan fingerprint density at radius 1 is 1.15 bits per heavy atom. The van der Waals surface area contributed by atoms with E-state index in [4.69, 9.17) is 10.00 Å². The van der Waals surface area contributed by atoms with Crippen LogP contribution in [0.4, 0.5) is 8.78 Å². The van der Waals surface area contributed by atoms with Gasteiger partial charge in [0.1, 0.15) is 12.4 Å². The first-order valence-corrected chi connectivity index (χ1v) is 6.10. The lowest BCUT2D eigenvalue weighted by atomic mass is 10.0. The molecule has 0 bridgehead atoms. The van der Waals surface area contributed by atoms with Crippen LogP contribution >= 0.6 is 0 Å². The van der Waals surface area contributed by atoms with Crippen molar-refractivity contribution in [1.82, 2.24) is 0 Å². The maximum atomic E-state index is 13.4. The van der Waals surface area contributed by atoms with Gasteiger partial charge in [-0.2, -0.15) is 5.26 Å². The van der Waals surface area contributed by atoms with E-state index >= 15 is 0 Å². The molecule has 2 aromatic carbocycles. The summed E-state index contributed by atoms with van der Waals surface area (Å²) in [7, 11) is 0. The summed E-state index contributed by atoms with van der Waals surface area (Å²) in [6.45, 7) is 1.06. The number of halogens is 2. The van der Waals surface area contributed by atoms with Gasteiger partial charge in [0, 0.05) is 12.5 Å². The lowest BCUT2D eigenvalue weighted by molar-refractivity contribution is 0.0169. The van der Waals surface area contributed by atoms with Gasteiger partial charge in [0.15, 0.2) is 0 Å². The predicted molar refractivity (Wildman–Crippen MR) is 71.5 cm³/mol. The molecule has 2 rings (SSSR count). The van der Waals surface area contributed by atoms with Crippen molar-refractivity contribution in [3.05, 3.63) is 65.2 Å². The van der Waals surface area contributed by atoms with Gasteiger partial charge in [0.25, 0.3) is 5.92 Å². The number of hydrogen-bond donors (Lipinski definition) is 0. The van der Waals surface area contributed by atoms with Crippen LogP contribution in [0.2, 0.25) is 0 Å². The SMILES string of the molecule is CC(F)(F)c1cc(OCc2ccccc2)ccc1C#N. The van der Waals surface area contributed by atoms with Gasteiger partial charge >= 0.3 is 0 Å². The van der Waals surface area contributed by atoms with Crippen molar-refractivity contribution < 1.29 is 13.5 Å². The average Bonchev–Trinajstić information content (AvgIpc) is 2.45. The fourth-order valence-electron chi connectivity index (χ4n) is 1.81. The Hall–Kier alpha value is -2.41. The molecule has 0 aliphatic rings.